The van der Waals surface area contributed by atoms with Crippen molar-refractivity contribution < 1.29 is 18.0 Å². The van der Waals surface area contributed by atoms with E-state index < -0.39 is 15.8 Å². The number of carbonyl (C=O) groups excluding carboxylic acids is 2. The average molecular weight is 365 g/mol. The van der Waals surface area contributed by atoms with Gasteiger partial charge in [0, 0.05) is 22.8 Å². The lowest BCUT2D eigenvalue weighted by Gasteiger charge is -2.10. The molecule has 1 fully saturated rings. The number of nitrogens with one attached hydrogen (secondary N) is 2. The normalized spacial score (nSPS) is 18.9. The molecule has 2 N–H and O–H groups in total. The zero-order valence-electron chi connectivity index (χ0n) is 12.6. The van der Waals surface area contributed by atoms with Crippen LogP contribution in [0.2, 0.25) is 0 Å². The predicted molar refractivity (Wildman–Crippen MR) is 91.9 cm³/mol. The monoisotopic (exact) mass is 365 g/mol. The van der Waals surface area contributed by atoms with Gasteiger partial charge in [0.2, 0.25) is 5.91 Å². The lowest BCUT2D eigenvalue weighted by Crippen LogP contribution is -2.23. The van der Waals surface area contributed by atoms with Crippen molar-refractivity contribution in [2.45, 2.75) is 6.42 Å². The van der Waals surface area contributed by atoms with Gasteiger partial charge < -0.3 is 5.32 Å². The first-order chi connectivity index (χ1) is 11.4. The van der Waals surface area contributed by atoms with Crippen LogP contribution < -0.4 is 10.6 Å². The molecule has 126 valence electrons. The maximum Gasteiger partial charge on any atom is 0.257 e. The topological polar surface area (TPSA) is 105 Å². The van der Waals surface area contributed by atoms with Crippen LogP contribution in [0.5, 0.6) is 0 Å². The Kier molecular flexibility index (Phi) is 4.63. The third kappa shape index (κ3) is 3.98. The summed E-state index contributed by atoms with van der Waals surface area (Å²) in [6.45, 7) is 0. The maximum absolute atomic E-state index is 12.1. The van der Waals surface area contributed by atoms with E-state index in [4.69, 9.17) is 0 Å². The number of thiazole rings is 1. The maximum atomic E-state index is 12.1. The van der Waals surface area contributed by atoms with Crippen LogP contribution in [-0.4, -0.2) is 36.7 Å². The van der Waals surface area contributed by atoms with Gasteiger partial charge in [0.15, 0.2) is 15.0 Å². The van der Waals surface area contributed by atoms with E-state index in [2.05, 4.69) is 15.6 Å². The molecule has 2 heterocycles. The Hall–Kier alpha value is -2.26. The molecule has 1 aliphatic heterocycles. The van der Waals surface area contributed by atoms with Gasteiger partial charge in [-0.25, -0.2) is 13.4 Å². The SMILES string of the molecule is O=C(Nc1nccs1)c1ccc(NC(=O)C2CCS(=O)(=O)C2)cc1. The molecule has 2 aromatic rings. The van der Waals surface area contributed by atoms with Crippen LogP contribution in [0, 0.1) is 5.92 Å². The summed E-state index contributed by atoms with van der Waals surface area (Å²) in [5.74, 6) is -1.16. The Labute approximate surface area is 143 Å². The zero-order valence-corrected chi connectivity index (χ0v) is 14.2. The first-order valence-electron chi connectivity index (χ1n) is 7.25. The Balaban J connectivity index is 1.60. The molecule has 1 aliphatic rings. The molecule has 7 nitrogen and oxygen atoms in total. The lowest BCUT2D eigenvalue weighted by atomic mass is 10.1. The number of nitrogens with zero attached hydrogens (tertiary/aromatic N) is 1. The Morgan fingerprint density at radius 2 is 1.92 bits per heavy atom. The number of anilines is 2. The molecule has 1 aromatic carbocycles. The second-order valence-corrected chi connectivity index (χ2v) is 8.58. The van der Waals surface area contributed by atoms with Crippen molar-refractivity contribution in [2.24, 2.45) is 5.92 Å². The van der Waals surface area contributed by atoms with Gasteiger partial charge in [-0.2, -0.15) is 0 Å². The van der Waals surface area contributed by atoms with Crippen LogP contribution >= 0.6 is 11.3 Å². The number of hydrogen-bond donors (Lipinski definition) is 2. The number of sulfone groups is 1. The van der Waals surface area contributed by atoms with Crippen molar-refractivity contribution in [2.75, 3.05) is 22.1 Å². The largest absolute Gasteiger partial charge is 0.326 e. The molecule has 1 unspecified atom stereocenters. The van der Waals surface area contributed by atoms with E-state index in [0.29, 0.717) is 22.8 Å². The minimum Gasteiger partial charge on any atom is -0.326 e. The summed E-state index contributed by atoms with van der Waals surface area (Å²) in [6, 6.07) is 6.39. The fraction of sp³-hybridized carbons (Fsp3) is 0.267. The third-order valence-corrected chi connectivity index (χ3v) is 6.13. The summed E-state index contributed by atoms with van der Waals surface area (Å²) in [5, 5.41) is 7.63. The van der Waals surface area contributed by atoms with E-state index in [1.807, 2.05) is 0 Å². The van der Waals surface area contributed by atoms with Crippen LogP contribution in [-0.2, 0) is 14.6 Å². The molecule has 1 atom stereocenters. The van der Waals surface area contributed by atoms with Gasteiger partial charge in [0.25, 0.3) is 5.91 Å². The summed E-state index contributed by atoms with van der Waals surface area (Å²) in [5.41, 5.74) is 0.960. The number of carbonyl (C=O) groups is 2. The van der Waals surface area contributed by atoms with Gasteiger partial charge in [-0.05, 0) is 30.7 Å². The van der Waals surface area contributed by atoms with Gasteiger partial charge in [0.1, 0.15) is 0 Å². The Bertz CT molecular complexity index is 845. The number of benzene rings is 1. The molecule has 0 saturated carbocycles. The highest BCUT2D eigenvalue weighted by molar-refractivity contribution is 7.91. The molecular weight excluding hydrogens is 350 g/mol. The highest BCUT2D eigenvalue weighted by atomic mass is 32.2. The molecule has 9 heteroatoms. The van der Waals surface area contributed by atoms with Crippen molar-refractivity contribution in [1.82, 2.24) is 4.98 Å². The minimum atomic E-state index is -3.09. The number of hydrogen-bond acceptors (Lipinski definition) is 6. The molecular formula is C15H15N3O4S2. The summed E-state index contributed by atoms with van der Waals surface area (Å²) in [4.78, 5) is 28.1. The van der Waals surface area contributed by atoms with Crippen LogP contribution in [0.3, 0.4) is 0 Å². The van der Waals surface area contributed by atoms with E-state index in [1.54, 1.807) is 35.8 Å². The molecule has 24 heavy (non-hydrogen) atoms. The van der Waals surface area contributed by atoms with E-state index in [0.717, 1.165) is 0 Å². The van der Waals surface area contributed by atoms with Crippen molar-refractivity contribution >= 4 is 43.8 Å². The predicted octanol–water partition coefficient (Wildman–Crippen LogP) is 1.77. The molecule has 3 rings (SSSR count). The zero-order chi connectivity index (χ0) is 17.2. The molecule has 0 aliphatic carbocycles. The molecule has 0 radical (unpaired) electrons. The van der Waals surface area contributed by atoms with Crippen molar-refractivity contribution in [1.29, 1.82) is 0 Å². The molecule has 0 spiro atoms. The first kappa shape index (κ1) is 16.6. The van der Waals surface area contributed by atoms with E-state index in [9.17, 15) is 18.0 Å². The number of aromatic nitrogens is 1. The highest BCUT2D eigenvalue weighted by Gasteiger charge is 2.32. The summed E-state index contributed by atoms with van der Waals surface area (Å²) in [7, 11) is -3.09. The molecule has 1 saturated heterocycles. The fourth-order valence-electron chi connectivity index (χ4n) is 2.41. The van der Waals surface area contributed by atoms with Crippen LogP contribution in [0.15, 0.2) is 35.8 Å². The summed E-state index contributed by atoms with van der Waals surface area (Å²) in [6.07, 6.45) is 1.95. The average Bonchev–Trinajstić information content (AvgIpc) is 3.17. The minimum absolute atomic E-state index is 0.0565. The smallest absolute Gasteiger partial charge is 0.257 e. The Morgan fingerprint density at radius 3 is 2.50 bits per heavy atom. The third-order valence-electron chi connectivity index (χ3n) is 3.67. The standard InChI is InChI=1S/C15H15N3O4S2/c19-13(18-15-16-6-7-23-15)10-1-3-12(4-2-10)17-14(20)11-5-8-24(21,22)9-11/h1-4,6-7,11H,5,8-9H2,(H,17,20)(H,16,18,19). The van der Waals surface area contributed by atoms with Gasteiger partial charge in [-0.15, -0.1) is 11.3 Å². The van der Waals surface area contributed by atoms with Crippen LogP contribution in [0.25, 0.3) is 0 Å². The van der Waals surface area contributed by atoms with E-state index in [-0.39, 0.29) is 23.3 Å². The van der Waals surface area contributed by atoms with Crippen molar-refractivity contribution in [3.63, 3.8) is 0 Å². The van der Waals surface area contributed by atoms with Crippen molar-refractivity contribution in [3.05, 3.63) is 41.4 Å². The second kappa shape index (κ2) is 6.70. The van der Waals surface area contributed by atoms with Crippen LogP contribution in [0.4, 0.5) is 10.8 Å². The molecule has 1 aromatic heterocycles. The van der Waals surface area contributed by atoms with Gasteiger partial charge in [-0.3, -0.25) is 14.9 Å². The first-order valence-corrected chi connectivity index (χ1v) is 9.95. The van der Waals surface area contributed by atoms with Gasteiger partial charge >= 0.3 is 0 Å². The van der Waals surface area contributed by atoms with E-state index >= 15 is 0 Å². The number of amides is 2. The summed E-state index contributed by atoms with van der Waals surface area (Å²) < 4.78 is 22.8. The lowest BCUT2D eigenvalue weighted by molar-refractivity contribution is -0.119. The quantitative estimate of drug-likeness (QED) is 0.859. The van der Waals surface area contributed by atoms with Crippen LogP contribution in [0.1, 0.15) is 16.8 Å². The molecule has 0 bridgehead atoms. The van der Waals surface area contributed by atoms with Gasteiger partial charge in [0.05, 0.1) is 17.4 Å². The second-order valence-electron chi connectivity index (χ2n) is 5.46. The Morgan fingerprint density at radius 1 is 1.17 bits per heavy atom. The van der Waals surface area contributed by atoms with Gasteiger partial charge in [-0.1, -0.05) is 0 Å². The van der Waals surface area contributed by atoms with Crippen molar-refractivity contribution in [3.8, 4) is 0 Å². The summed E-state index contributed by atoms with van der Waals surface area (Å²) >= 11 is 1.32. The molecule has 2 amide bonds. The van der Waals surface area contributed by atoms with E-state index in [1.165, 1.54) is 11.3 Å². The fourth-order valence-corrected chi connectivity index (χ4v) is 4.67. The highest BCUT2D eigenvalue weighted by Crippen LogP contribution is 2.21. The number of rotatable bonds is 4.